The van der Waals surface area contributed by atoms with Crippen molar-refractivity contribution >= 4 is 11.6 Å². The van der Waals surface area contributed by atoms with Gasteiger partial charge in [-0.3, -0.25) is 4.79 Å². The van der Waals surface area contributed by atoms with Crippen molar-refractivity contribution in [1.29, 1.82) is 0 Å². The Morgan fingerprint density at radius 2 is 1.81 bits per heavy atom. The lowest BCUT2D eigenvalue weighted by Gasteiger charge is -2.38. The summed E-state index contributed by atoms with van der Waals surface area (Å²) >= 11 is 0. The molecule has 2 heterocycles. The van der Waals surface area contributed by atoms with Crippen molar-refractivity contribution < 1.29 is 9.90 Å². The van der Waals surface area contributed by atoms with Crippen molar-refractivity contribution in [2.24, 2.45) is 0 Å². The Labute approximate surface area is 125 Å². The van der Waals surface area contributed by atoms with Gasteiger partial charge in [-0.25, -0.2) is 0 Å². The number of nitrogens with zero attached hydrogens (tertiary/aromatic N) is 2. The van der Waals surface area contributed by atoms with Gasteiger partial charge in [0.1, 0.15) is 0 Å². The predicted molar refractivity (Wildman–Crippen MR) is 82.3 cm³/mol. The minimum absolute atomic E-state index is 0.114. The third-order valence-electron chi connectivity index (χ3n) is 4.40. The number of hydrogen-bond donors (Lipinski definition) is 2. The van der Waals surface area contributed by atoms with E-state index in [9.17, 15) is 9.90 Å². The van der Waals surface area contributed by atoms with E-state index < -0.39 is 0 Å². The maximum absolute atomic E-state index is 12.5. The zero-order valence-electron chi connectivity index (χ0n) is 12.2. The molecule has 2 atom stereocenters. The van der Waals surface area contributed by atoms with Crippen LogP contribution in [-0.2, 0) is 4.79 Å². The Morgan fingerprint density at radius 3 is 2.43 bits per heavy atom. The van der Waals surface area contributed by atoms with E-state index in [1.807, 2.05) is 23.1 Å². The summed E-state index contributed by atoms with van der Waals surface area (Å²) in [4.78, 5) is 16.7. The lowest BCUT2D eigenvalue weighted by atomic mass is 10.0. The minimum atomic E-state index is -0.302. The van der Waals surface area contributed by atoms with Crippen molar-refractivity contribution in [3.63, 3.8) is 0 Å². The second-order valence-electron chi connectivity index (χ2n) is 5.84. The second-order valence-corrected chi connectivity index (χ2v) is 5.84. The highest BCUT2D eigenvalue weighted by Gasteiger charge is 2.30. The van der Waals surface area contributed by atoms with Crippen LogP contribution in [0.1, 0.15) is 12.8 Å². The first kappa shape index (κ1) is 14.4. The summed E-state index contributed by atoms with van der Waals surface area (Å²) in [7, 11) is 0. The predicted octanol–water partition coefficient (Wildman–Crippen LogP) is 0.448. The first-order chi connectivity index (χ1) is 10.2. The number of nitrogens with one attached hydrogen (secondary N) is 1. The largest absolute Gasteiger partial charge is 0.392 e. The summed E-state index contributed by atoms with van der Waals surface area (Å²) in [5, 5.41) is 12.6. The van der Waals surface area contributed by atoms with Crippen molar-refractivity contribution in [3.8, 4) is 0 Å². The van der Waals surface area contributed by atoms with Gasteiger partial charge in [0.15, 0.2) is 0 Å². The SMILES string of the molecule is O=C(C1CCC(O)CN1)N1CCN(c2ccccc2)CC1. The van der Waals surface area contributed by atoms with Gasteiger partial charge in [0.05, 0.1) is 12.1 Å². The number of amides is 1. The van der Waals surface area contributed by atoms with Gasteiger partial charge in [-0.15, -0.1) is 0 Å². The second kappa shape index (κ2) is 6.45. The van der Waals surface area contributed by atoms with Crippen LogP contribution in [0.2, 0.25) is 0 Å². The molecule has 5 nitrogen and oxygen atoms in total. The van der Waals surface area contributed by atoms with E-state index in [-0.39, 0.29) is 18.1 Å². The monoisotopic (exact) mass is 289 g/mol. The fraction of sp³-hybridized carbons (Fsp3) is 0.562. The number of piperazine rings is 1. The molecule has 21 heavy (non-hydrogen) atoms. The van der Waals surface area contributed by atoms with Crippen molar-refractivity contribution in [2.45, 2.75) is 25.0 Å². The fourth-order valence-electron chi connectivity index (χ4n) is 3.10. The van der Waals surface area contributed by atoms with Gasteiger partial charge in [-0.2, -0.15) is 0 Å². The Hall–Kier alpha value is -1.59. The fourth-order valence-corrected chi connectivity index (χ4v) is 3.10. The molecule has 3 rings (SSSR count). The molecular weight excluding hydrogens is 266 g/mol. The van der Waals surface area contributed by atoms with Gasteiger partial charge in [-0.05, 0) is 25.0 Å². The van der Waals surface area contributed by atoms with Crippen LogP contribution in [0.4, 0.5) is 5.69 Å². The molecule has 0 aliphatic carbocycles. The van der Waals surface area contributed by atoms with Crippen LogP contribution in [0, 0.1) is 0 Å². The van der Waals surface area contributed by atoms with Crippen molar-refractivity contribution in [1.82, 2.24) is 10.2 Å². The topological polar surface area (TPSA) is 55.8 Å². The zero-order chi connectivity index (χ0) is 14.7. The molecule has 1 aromatic rings. The van der Waals surface area contributed by atoms with Gasteiger partial charge in [0, 0.05) is 38.4 Å². The summed E-state index contributed by atoms with van der Waals surface area (Å²) in [5.74, 6) is 0.189. The molecule has 0 aromatic heterocycles. The van der Waals surface area contributed by atoms with E-state index in [0.29, 0.717) is 13.0 Å². The van der Waals surface area contributed by atoms with Gasteiger partial charge in [-0.1, -0.05) is 18.2 Å². The number of β-amino-alcohol motifs (C(OH)–C–C–N with tert-alkyl or cyclic N) is 1. The molecule has 2 aliphatic rings. The number of aliphatic hydroxyl groups excluding tert-OH is 1. The van der Waals surface area contributed by atoms with Gasteiger partial charge < -0.3 is 20.2 Å². The molecule has 0 spiro atoms. The molecule has 2 fully saturated rings. The summed E-state index contributed by atoms with van der Waals surface area (Å²) in [6.07, 6.45) is 1.15. The van der Waals surface area contributed by atoms with Gasteiger partial charge in [0.2, 0.25) is 5.91 Å². The smallest absolute Gasteiger partial charge is 0.239 e. The Morgan fingerprint density at radius 1 is 1.10 bits per heavy atom. The summed E-state index contributed by atoms with van der Waals surface area (Å²) in [6, 6.07) is 10.2. The van der Waals surface area contributed by atoms with E-state index in [4.69, 9.17) is 0 Å². The van der Waals surface area contributed by atoms with Crippen LogP contribution in [0.5, 0.6) is 0 Å². The van der Waals surface area contributed by atoms with Crippen LogP contribution in [0.15, 0.2) is 30.3 Å². The minimum Gasteiger partial charge on any atom is -0.392 e. The summed E-state index contributed by atoms with van der Waals surface area (Å²) in [6.45, 7) is 3.83. The maximum atomic E-state index is 12.5. The summed E-state index contributed by atoms with van der Waals surface area (Å²) in [5.41, 5.74) is 1.23. The molecule has 1 aromatic carbocycles. The molecule has 2 aliphatic heterocycles. The number of anilines is 1. The average Bonchev–Trinajstić information content (AvgIpc) is 2.56. The zero-order valence-corrected chi connectivity index (χ0v) is 12.2. The van der Waals surface area contributed by atoms with Gasteiger partial charge >= 0.3 is 0 Å². The number of hydrogen-bond acceptors (Lipinski definition) is 4. The Balaban J connectivity index is 1.52. The van der Waals surface area contributed by atoms with E-state index in [1.165, 1.54) is 5.69 Å². The maximum Gasteiger partial charge on any atom is 0.239 e. The number of piperidine rings is 1. The van der Waals surface area contributed by atoms with Crippen molar-refractivity contribution in [2.75, 3.05) is 37.6 Å². The van der Waals surface area contributed by atoms with E-state index in [1.54, 1.807) is 0 Å². The standard InChI is InChI=1S/C16H23N3O2/c20-14-6-7-15(17-12-14)16(21)19-10-8-18(9-11-19)13-4-2-1-3-5-13/h1-5,14-15,17,20H,6-12H2. The van der Waals surface area contributed by atoms with E-state index in [2.05, 4.69) is 22.3 Å². The van der Waals surface area contributed by atoms with Crippen LogP contribution in [0.25, 0.3) is 0 Å². The molecule has 1 amide bonds. The average molecular weight is 289 g/mol. The van der Waals surface area contributed by atoms with Gasteiger partial charge in [0.25, 0.3) is 0 Å². The molecule has 5 heteroatoms. The highest BCUT2D eigenvalue weighted by Crippen LogP contribution is 2.17. The highest BCUT2D eigenvalue weighted by molar-refractivity contribution is 5.82. The van der Waals surface area contributed by atoms with E-state index >= 15 is 0 Å². The van der Waals surface area contributed by atoms with Crippen LogP contribution < -0.4 is 10.2 Å². The van der Waals surface area contributed by atoms with Crippen molar-refractivity contribution in [3.05, 3.63) is 30.3 Å². The van der Waals surface area contributed by atoms with Crippen LogP contribution >= 0.6 is 0 Å². The number of benzene rings is 1. The normalized spacial score (nSPS) is 26.7. The molecule has 0 bridgehead atoms. The molecule has 0 radical (unpaired) electrons. The van der Waals surface area contributed by atoms with Crippen LogP contribution in [0.3, 0.4) is 0 Å². The summed E-state index contributed by atoms with van der Waals surface area (Å²) < 4.78 is 0. The molecule has 2 N–H and O–H groups in total. The molecule has 2 unspecified atom stereocenters. The molecule has 114 valence electrons. The lowest BCUT2D eigenvalue weighted by molar-refractivity contribution is -0.134. The third kappa shape index (κ3) is 3.36. The molecule has 0 saturated carbocycles. The Bertz CT molecular complexity index is 464. The Kier molecular flexibility index (Phi) is 4.41. The molecule has 2 saturated heterocycles. The number of carbonyl (C=O) groups excluding carboxylic acids is 1. The van der Waals surface area contributed by atoms with E-state index in [0.717, 1.165) is 32.6 Å². The molecular formula is C16H23N3O2. The van der Waals surface area contributed by atoms with Crippen LogP contribution in [-0.4, -0.2) is 60.8 Å². The first-order valence-electron chi connectivity index (χ1n) is 7.74. The number of aliphatic hydroxyl groups is 1. The number of para-hydroxylation sites is 1. The quantitative estimate of drug-likeness (QED) is 0.830. The number of carbonyl (C=O) groups is 1. The highest BCUT2D eigenvalue weighted by atomic mass is 16.3. The third-order valence-corrected chi connectivity index (χ3v) is 4.40. The number of rotatable bonds is 2. The first-order valence-corrected chi connectivity index (χ1v) is 7.74. The lowest BCUT2D eigenvalue weighted by Crippen LogP contribution is -2.56.